The Hall–Kier alpha value is -4.32. The molecule has 2 fully saturated rings. The average molecular weight is 736 g/mol. The number of aliphatic hydroxyl groups excluding tert-OH is 2. The highest BCUT2D eigenvalue weighted by atomic mass is 35.5. The van der Waals surface area contributed by atoms with Crippen LogP contribution in [0.25, 0.3) is 0 Å². The summed E-state index contributed by atoms with van der Waals surface area (Å²) in [4.78, 5) is 24.8. The van der Waals surface area contributed by atoms with E-state index in [4.69, 9.17) is 54.4 Å². The number of nitrogen functional groups attached to an aromatic ring is 2. The van der Waals surface area contributed by atoms with Crippen molar-refractivity contribution in [2.45, 2.75) is 0 Å². The van der Waals surface area contributed by atoms with Crippen LogP contribution in [0.2, 0.25) is 10.0 Å². The Morgan fingerprint density at radius 1 is 0.660 bits per heavy atom. The van der Waals surface area contributed by atoms with Crippen LogP contribution >= 0.6 is 23.2 Å². The van der Waals surface area contributed by atoms with Crippen LogP contribution in [0, 0.1) is 11.6 Å². The minimum atomic E-state index is -0.567. The molecule has 2 saturated heterocycles. The zero-order valence-electron chi connectivity index (χ0n) is 27.1. The van der Waals surface area contributed by atoms with Gasteiger partial charge in [0, 0.05) is 70.5 Å². The van der Waals surface area contributed by atoms with Crippen LogP contribution < -0.4 is 30.7 Å². The van der Waals surface area contributed by atoms with Gasteiger partial charge in [-0.1, -0.05) is 23.2 Å². The summed E-state index contributed by atoms with van der Waals surface area (Å²) in [5, 5.41) is 18.5. The molecule has 0 aliphatic carbocycles. The molecule has 2 aliphatic rings. The molecule has 4 heterocycles. The fraction of sp³-hybridized carbons (Fsp3) is 0.375. The van der Waals surface area contributed by atoms with E-state index >= 15 is 0 Å². The Morgan fingerprint density at radius 3 is 1.60 bits per heavy atom. The molecule has 18 heteroatoms. The number of ether oxygens (including phenoxy) is 2. The SMILES string of the molecule is Nc1ncc(Oc2ccc(Cl)cc2F)c(N2CCN(CCO)CC2)n1.Nc1ncc(Oc2ccc(F)cc2Cl)c(N2CCN(CCO)CC2)n1. The summed E-state index contributed by atoms with van der Waals surface area (Å²) in [6.07, 6.45) is 2.92. The smallest absolute Gasteiger partial charge is 0.222 e. The van der Waals surface area contributed by atoms with Gasteiger partial charge in [0.2, 0.25) is 11.9 Å². The average Bonchev–Trinajstić information content (AvgIpc) is 3.10. The van der Waals surface area contributed by atoms with Crippen LogP contribution in [-0.4, -0.2) is 119 Å². The van der Waals surface area contributed by atoms with E-state index in [-0.39, 0.29) is 35.9 Å². The summed E-state index contributed by atoms with van der Waals surface area (Å²) in [6.45, 7) is 7.50. The van der Waals surface area contributed by atoms with Gasteiger partial charge < -0.3 is 41.0 Å². The number of nitrogens with two attached hydrogens (primary N) is 2. The lowest BCUT2D eigenvalue weighted by molar-refractivity contribution is 0.188. The predicted molar refractivity (Wildman–Crippen MR) is 187 cm³/mol. The maximum absolute atomic E-state index is 14.0. The second-order valence-electron chi connectivity index (χ2n) is 11.3. The first-order valence-corrected chi connectivity index (χ1v) is 16.6. The molecule has 0 unspecified atom stereocenters. The Morgan fingerprint density at radius 2 is 1.14 bits per heavy atom. The van der Waals surface area contributed by atoms with E-state index in [2.05, 4.69) is 29.7 Å². The zero-order valence-corrected chi connectivity index (χ0v) is 28.6. The highest BCUT2D eigenvalue weighted by molar-refractivity contribution is 6.32. The largest absolute Gasteiger partial charge is 0.450 e. The number of hydrogen-bond donors (Lipinski definition) is 4. The molecule has 6 rings (SSSR count). The van der Waals surface area contributed by atoms with E-state index in [9.17, 15) is 8.78 Å². The summed E-state index contributed by atoms with van der Waals surface area (Å²) in [5.74, 6) is 1.43. The van der Waals surface area contributed by atoms with Gasteiger partial charge >= 0.3 is 0 Å². The number of nitrogens with zero attached hydrogens (tertiary/aromatic N) is 8. The molecular formula is C32H38Cl2F2N10O4. The summed E-state index contributed by atoms with van der Waals surface area (Å²) in [5.41, 5.74) is 11.4. The number of β-amino-alcohol motifs (C(OH)–C–C–N with tert-alkyl or cyclic N) is 2. The lowest BCUT2D eigenvalue weighted by Crippen LogP contribution is -2.47. The minimum absolute atomic E-state index is 0.0398. The van der Waals surface area contributed by atoms with Crippen molar-refractivity contribution in [3.63, 3.8) is 0 Å². The second-order valence-corrected chi connectivity index (χ2v) is 12.1. The Labute approximate surface area is 297 Å². The molecule has 2 aliphatic heterocycles. The van der Waals surface area contributed by atoms with Crippen molar-refractivity contribution in [3.05, 3.63) is 70.5 Å². The van der Waals surface area contributed by atoms with Gasteiger partial charge in [-0.3, -0.25) is 9.80 Å². The number of aliphatic hydroxyl groups is 2. The molecule has 2 aromatic carbocycles. The van der Waals surface area contributed by atoms with Crippen molar-refractivity contribution < 1.29 is 28.5 Å². The second kappa shape index (κ2) is 17.6. The third kappa shape index (κ3) is 9.89. The summed E-state index contributed by atoms with van der Waals surface area (Å²) in [6, 6.07) is 8.09. The number of piperazine rings is 2. The van der Waals surface area contributed by atoms with Crippen molar-refractivity contribution in [2.24, 2.45) is 0 Å². The molecule has 6 N–H and O–H groups in total. The molecule has 2 aromatic heterocycles. The molecule has 0 radical (unpaired) electrons. The van der Waals surface area contributed by atoms with Gasteiger partial charge in [-0.25, -0.2) is 18.7 Å². The van der Waals surface area contributed by atoms with Crippen molar-refractivity contribution in [1.82, 2.24) is 29.7 Å². The van der Waals surface area contributed by atoms with Gasteiger partial charge in [0.05, 0.1) is 30.6 Å². The summed E-state index contributed by atoms with van der Waals surface area (Å²) >= 11 is 11.8. The number of benzene rings is 2. The van der Waals surface area contributed by atoms with Crippen LogP contribution in [0.3, 0.4) is 0 Å². The highest BCUT2D eigenvalue weighted by Gasteiger charge is 2.24. The van der Waals surface area contributed by atoms with Gasteiger partial charge in [0.25, 0.3) is 0 Å². The van der Waals surface area contributed by atoms with E-state index < -0.39 is 11.6 Å². The number of rotatable bonds is 10. The molecule has 4 aromatic rings. The maximum Gasteiger partial charge on any atom is 0.222 e. The minimum Gasteiger partial charge on any atom is -0.450 e. The number of hydrogen-bond acceptors (Lipinski definition) is 14. The van der Waals surface area contributed by atoms with Crippen molar-refractivity contribution >= 4 is 46.7 Å². The molecule has 0 spiro atoms. The van der Waals surface area contributed by atoms with Crippen molar-refractivity contribution in [1.29, 1.82) is 0 Å². The first-order chi connectivity index (χ1) is 24.1. The van der Waals surface area contributed by atoms with Gasteiger partial charge in [-0.15, -0.1) is 0 Å². The number of halogens is 4. The van der Waals surface area contributed by atoms with Crippen LogP contribution in [0.15, 0.2) is 48.8 Å². The van der Waals surface area contributed by atoms with Crippen LogP contribution in [0.1, 0.15) is 0 Å². The summed E-state index contributed by atoms with van der Waals surface area (Å²) in [7, 11) is 0. The lowest BCUT2D eigenvalue weighted by atomic mass is 10.3. The standard InChI is InChI=1S/2C16H19ClFN5O2/c17-12-9-11(18)1-2-13(12)25-14-10-20-16(19)21-15(14)23-5-3-22(4-6-23)7-8-24;17-11-1-2-13(12(18)9-11)25-14-10-20-16(19)21-15(14)23-5-3-22(4-6-23)7-8-24/h2*1-2,9-10,24H,3-8H2,(H2,19,20,21). The molecular weight excluding hydrogens is 697 g/mol. The van der Waals surface area contributed by atoms with Crippen molar-refractivity contribution in [2.75, 3.05) is 99.9 Å². The Kier molecular flexibility index (Phi) is 13.0. The fourth-order valence-electron chi connectivity index (χ4n) is 5.35. The van der Waals surface area contributed by atoms with E-state index in [0.29, 0.717) is 73.2 Å². The van der Waals surface area contributed by atoms with E-state index in [1.165, 1.54) is 42.7 Å². The third-order valence-corrected chi connectivity index (χ3v) is 8.44. The van der Waals surface area contributed by atoms with E-state index in [0.717, 1.165) is 26.2 Å². The van der Waals surface area contributed by atoms with Gasteiger partial charge in [0.1, 0.15) is 11.6 Å². The van der Waals surface area contributed by atoms with Gasteiger partial charge in [-0.05, 0) is 36.4 Å². The normalized spacial score (nSPS) is 15.4. The van der Waals surface area contributed by atoms with E-state index in [1.807, 2.05) is 9.80 Å². The monoisotopic (exact) mass is 734 g/mol. The first-order valence-electron chi connectivity index (χ1n) is 15.8. The molecule has 0 atom stereocenters. The van der Waals surface area contributed by atoms with Gasteiger partial charge in [0.15, 0.2) is 34.7 Å². The molecule has 0 bridgehead atoms. The first kappa shape index (κ1) is 36.9. The lowest BCUT2D eigenvalue weighted by Gasteiger charge is -2.35. The fourth-order valence-corrected chi connectivity index (χ4v) is 5.71. The topological polar surface area (TPSA) is 175 Å². The van der Waals surface area contributed by atoms with Crippen LogP contribution in [-0.2, 0) is 0 Å². The predicted octanol–water partition coefficient (Wildman–Crippen LogP) is 3.52. The van der Waals surface area contributed by atoms with Crippen molar-refractivity contribution in [3.8, 4) is 23.0 Å². The Balaban J connectivity index is 0.000000194. The number of anilines is 4. The Bertz CT molecular complexity index is 1610. The van der Waals surface area contributed by atoms with Crippen LogP contribution in [0.4, 0.5) is 32.3 Å². The molecule has 0 amide bonds. The van der Waals surface area contributed by atoms with E-state index in [1.54, 1.807) is 6.07 Å². The van der Waals surface area contributed by atoms with Crippen LogP contribution in [0.5, 0.6) is 23.0 Å². The van der Waals surface area contributed by atoms with Gasteiger partial charge in [-0.2, -0.15) is 9.97 Å². The highest BCUT2D eigenvalue weighted by Crippen LogP contribution is 2.36. The summed E-state index contributed by atoms with van der Waals surface area (Å²) < 4.78 is 38.7. The molecule has 50 heavy (non-hydrogen) atoms. The molecule has 0 saturated carbocycles. The molecule has 14 nitrogen and oxygen atoms in total. The third-order valence-electron chi connectivity index (χ3n) is 7.91. The molecule has 268 valence electrons. The number of aromatic nitrogens is 4. The maximum atomic E-state index is 14.0. The quantitative estimate of drug-likeness (QED) is 0.186. The zero-order chi connectivity index (χ0) is 35.6.